The average Bonchev–Trinajstić information content (AvgIpc) is 2.51. The second-order valence-electron chi connectivity index (χ2n) is 4.84. The first-order valence-corrected chi connectivity index (χ1v) is 6.98. The van der Waals surface area contributed by atoms with Crippen molar-refractivity contribution in [3.63, 3.8) is 0 Å². The Balaban J connectivity index is 2.00. The summed E-state index contributed by atoms with van der Waals surface area (Å²) in [7, 11) is 0. The highest BCUT2D eigenvalue weighted by molar-refractivity contribution is 6.30. The van der Waals surface area contributed by atoms with Crippen molar-refractivity contribution < 1.29 is 9.18 Å². The van der Waals surface area contributed by atoms with Crippen LogP contribution in [0.1, 0.15) is 15.9 Å². The van der Waals surface area contributed by atoms with Gasteiger partial charge in [-0.1, -0.05) is 66.2 Å². The smallest absolute Gasteiger partial charge is 0.167 e. The van der Waals surface area contributed by atoms with Crippen molar-refractivity contribution in [1.29, 1.82) is 0 Å². The molecule has 3 heteroatoms. The van der Waals surface area contributed by atoms with Crippen molar-refractivity contribution in [3.8, 4) is 0 Å². The third-order valence-electron chi connectivity index (χ3n) is 3.47. The van der Waals surface area contributed by atoms with E-state index >= 15 is 0 Å². The van der Waals surface area contributed by atoms with Crippen molar-refractivity contribution in [2.75, 3.05) is 0 Å². The molecule has 3 rings (SSSR count). The molecule has 0 fully saturated rings. The van der Waals surface area contributed by atoms with Crippen LogP contribution in [0.15, 0.2) is 60.7 Å². The lowest BCUT2D eigenvalue weighted by Crippen LogP contribution is -2.06. The van der Waals surface area contributed by atoms with Gasteiger partial charge in [-0.15, -0.1) is 0 Å². The standard InChI is InChI=1S/C18H12ClFO/c19-16-10-4-7-13(18(16)20)11-17(21)15-9-3-6-12-5-1-2-8-14(12)15/h1-10H,11H2. The van der Waals surface area contributed by atoms with Gasteiger partial charge in [-0.05, 0) is 22.4 Å². The number of carbonyl (C=O) groups excluding carboxylic acids is 1. The molecule has 3 aromatic carbocycles. The van der Waals surface area contributed by atoms with E-state index < -0.39 is 5.82 Å². The van der Waals surface area contributed by atoms with Gasteiger partial charge in [-0.25, -0.2) is 4.39 Å². The van der Waals surface area contributed by atoms with Crippen molar-refractivity contribution in [2.45, 2.75) is 6.42 Å². The molecule has 0 amide bonds. The number of carbonyl (C=O) groups is 1. The van der Waals surface area contributed by atoms with Crippen LogP contribution in [0.2, 0.25) is 5.02 Å². The summed E-state index contributed by atoms with van der Waals surface area (Å²) < 4.78 is 13.9. The molecule has 0 saturated heterocycles. The van der Waals surface area contributed by atoms with E-state index in [0.29, 0.717) is 11.1 Å². The summed E-state index contributed by atoms with van der Waals surface area (Å²) in [5.74, 6) is -0.638. The van der Waals surface area contributed by atoms with Crippen molar-refractivity contribution >= 4 is 28.2 Å². The maximum Gasteiger partial charge on any atom is 0.167 e. The number of ketones is 1. The summed E-state index contributed by atoms with van der Waals surface area (Å²) in [6.07, 6.45) is 0.000398. The molecule has 0 aliphatic heterocycles. The molecule has 0 heterocycles. The molecule has 0 atom stereocenters. The molecule has 0 bridgehead atoms. The number of fused-ring (bicyclic) bond motifs is 1. The van der Waals surface area contributed by atoms with Gasteiger partial charge < -0.3 is 0 Å². The summed E-state index contributed by atoms with van der Waals surface area (Å²) in [4.78, 5) is 12.5. The second-order valence-corrected chi connectivity index (χ2v) is 5.25. The van der Waals surface area contributed by atoms with Crippen LogP contribution in [-0.4, -0.2) is 5.78 Å². The van der Waals surface area contributed by atoms with E-state index in [2.05, 4.69) is 0 Å². The Bertz CT molecular complexity index is 821. The highest BCUT2D eigenvalue weighted by Crippen LogP contribution is 2.23. The highest BCUT2D eigenvalue weighted by Gasteiger charge is 2.14. The SMILES string of the molecule is O=C(Cc1cccc(Cl)c1F)c1cccc2ccccc12. The van der Waals surface area contributed by atoms with Gasteiger partial charge >= 0.3 is 0 Å². The van der Waals surface area contributed by atoms with E-state index in [1.807, 2.05) is 36.4 Å². The molecule has 0 aliphatic rings. The van der Waals surface area contributed by atoms with Gasteiger partial charge in [0.25, 0.3) is 0 Å². The predicted octanol–water partition coefficient (Wildman–Crippen LogP) is 5.06. The summed E-state index contributed by atoms with van der Waals surface area (Å²) in [5, 5.41) is 1.92. The van der Waals surface area contributed by atoms with E-state index in [-0.39, 0.29) is 17.2 Å². The van der Waals surface area contributed by atoms with E-state index in [1.165, 1.54) is 6.07 Å². The Morgan fingerprint density at radius 2 is 1.67 bits per heavy atom. The van der Waals surface area contributed by atoms with E-state index in [1.54, 1.807) is 18.2 Å². The largest absolute Gasteiger partial charge is 0.294 e. The molecule has 0 spiro atoms. The molecular weight excluding hydrogens is 287 g/mol. The van der Waals surface area contributed by atoms with Crippen LogP contribution in [0.5, 0.6) is 0 Å². The lowest BCUT2D eigenvalue weighted by Gasteiger charge is -2.07. The van der Waals surface area contributed by atoms with Gasteiger partial charge in [0.15, 0.2) is 5.78 Å². The fourth-order valence-corrected chi connectivity index (χ4v) is 2.62. The van der Waals surface area contributed by atoms with E-state index in [4.69, 9.17) is 11.6 Å². The molecule has 3 aromatic rings. The minimum Gasteiger partial charge on any atom is -0.294 e. The number of halogens is 2. The molecule has 0 N–H and O–H groups in total. The predicted molar refractivity (Wildman–Crippen MR) is 83.4 cm³/mol. The fraction of sp³-hybridized carbons (Fsp3) is 0.0556. The third-order valence-corrected chi connectivity index (χ3v) is 3.76. The lowest BCUT2D eigenvalue weighted by molar-refractivity contribution is 0.0993. The highest BCUT2D eigenvalue weighted by atomic mass is 35.5. The lowest BCUT2D eigenvalue weighted by atomic mass is 9.97. The van der Waals surface area contributed by atoms with Gasteiger partial charge in [0.05, 0.1) is 5.02 Å². The number of Topliss-reactive ketones (excluding diaryl/α,β-unsaturated/α-hetero) is 1. The Morgan fingerprint density at radius 3 is 2.52 bits per heavy atom. The summed E-state index contributed by atoms with van der Waals surface area (Å²) in [6, 6.07) is 17.9. The Kier molecular flexibility index (Phi) is 3.72. The van der Waals surface area contributed by atoms with Gasteiger partial charge in [0.2, 0.25) is 0 Å². The molecule has 0 saturated carbocycles. The molecule has 0 radical (unpaired) electrons. The minimum absolute atomic E-state index is 0.000398. The zero-order valence-electron chi connectivity index (χ0n) is 11.1. The number of rotatable bonds is 3. The van der Waals surface area contributed by atoms with Crippen molar-refractivity contribution in [3.05, 3.63) is 82.6 Å². The fourth-order valence-electron chi connectivity index (χ4n) is 2.42. The first-order chi connectivity index (χ1) is 10.2. The summed E-state index contributed by atoms with van der Waals surface area (Å²) >= 11 is 5.75. The van der Waals surface area contributed by atoms with Crippen LogP contribution < -0.4 is 0 Å². The number of hydrogen-bond acceptors (Lipinski definition) is 1. The molecule has 0 aromatic heterocycles. The minimum atomic E-state index is -0.521. The van der Waals surface area contributed by atoms with Crippen LogP contribution in [-0.2, 0) is 6.42 Å². The molecular formula is C18H12ClFO. The van der Waals surface area contributed by atoms with Gasteiger partial charge in [0.1, 0.15) is 5.82 Å². The zero-order chi connectivity index (χ0) is 14.8. The number of benzene rings is 3. The van der Waals surface area contributed by atoms with Crippen molar-refractivity contribution in [1.82, 2.24) is 0 Å². The van der Waals surface area contributed by atoms with Crippen molar-refractivity contribution in [2.24, 2.45) is 0 Å². The first-order valence-electron chi connectivity index (χ1n) is 6.60. The van der Waals surface area contributed by atoms with Gasteiger partial charge in [-0.2, -0.15) is 0 Å². The van der Waals surface area contributed by atoms with Crippen LogP contribution in [0.4, 0.5) is 4.39 Å². The molecule has 0 unspecified atom stereocenters. The average molecular weight is 299 g/mol. The Hall–Kier alpha value is -2.19. The van der Waals surface area contributed by atoms with E-state index in [0.717, 1.165) is 10.8 Å². The number of hydrogen-bond donors (Lipinski definition) is 0. The zero-order valence-corrected chi connectivity index (χ0v) is 11.9. The Labute approximate surface area is 127 Å². The molecule has 104 valence electrons. The first kappa shape index (κ1) is 13.8. The van der Waals surface area contributed by atoms with Gasteiger partial charge in [0, 0.05) is 12.0 Å². The molecule has 0 aliphatic carbocycles. The maximum absolute atomic E-state index is 13.9. The third kappa shape index (κ3) is 2.67. The summed E-state index contributed by atoms with van der Waals surface area (Å²) in [5.41, 5.74) is 0.924. The summed E-state index contributed by atoms with van der Waals surface area (Å²) in [6.45, 7) is 0. The normalized spacial score (nSPS) is 10.8. The topological polar surface area (TPSA) is 17.1 Å². The monoisotopic (exact) mass is 298 g/mol. The second kappa shape index (κ2) is 5.66. The quantitative estimate of drug-likeness (QED) is 0.618. The van der Waals surface area contributed by atoms with Crippen LogP contribution >= 0.6 is 11.6 Å². The molecule has 21 heavy (non-hydrogen) atoms. The Morgan fingerprint density at radius 1 is 0.952 bits per heavy atom. The maximum atomic E-state index is 13.9. The van der Waals surface area contributed by atoms with E-state index in [9.17, 15) is 9.18 Å². The van der Waals surface area contributed by atoms with Crippen LogP contribution in [0.25, 0.3) is 10.8 Å². The van der Waals surface area contributed by atoms with Crippen LogP contribution in [0.3, 0.4) is 0 Å². The van der Waals surface area contributed by atoms with Gasteiger partial charge in [-0.3, -0.25) is 4.79 Å². The van der Waals surface area contributed by atoms with Crippen LogP contribution in [0, 0.1) is 5.82 Å². The molecule has 1 nitrogen and oxygen atoms in total.